The fraction of sp³-hybridized carbons (Fsp3) is 0.125. The van der Waals surface area contributed by atoms with Gasteiger partial charge in [0.25, 0.3) is 0 Å². The maximum absolute atomic E-state index is 7.09. The highest BCUT2D eigenvalue weighted by atomic mass is 35.5. The highest BCUT2D eigenvalue weighted by Gasteiger charge is 2.50. The molecule has 0 saturated carbocycles. The van der Waals surface area contributed by atoms with Gasteiger partial charge in [-0.15, -0.1) is 0 Å². The van der Waals surface area contributed by atoms with Crippen LogP contribution < -0.4 is 0 Å². The van der Waals surface area contributed by atoms with Crippen LogP contribution in [0.4, 0.5) is 0 Å². The summed E-state index contributed by atoms with van der Waals surface area (Å²) in [6.45, 7) is 0. The summed E-state index contributed by atoms with van der Waals surface area (Å²) in [5.41, 5.74) is 2.82. The first-order chi connectivity index (χ1) is 22.5. The van der Waals surface area contributed by atoms with Gasteiger partial charge in [0.15, 0.2) is 0 Å². The Balaban J connectivity index is 1.72. The number of aromatic nitrogens is 6. The van der Waals surface area contributed by atoms with E-state index in [1.54, 1.807) is 70.5 Å². The topological polar surface area (TPSA) is 61.4 Å². The van der Waals surface area contributed by atoms with Crippen LogP contribution in [0, 0.1) is 0 Å². The van der Waals surface area contributed by atoms with E-state index < -0.39 is 9.74 Å². The molecule has 0 spiro atoms. The van der Waals surface area contributed by atoms with Crippen molar-refractivity contribution in [3.05, 3.63) is 161 Å². The number of hydrogen-bond donors (Lipinski definition) is 0. The highest BCUT2D eigenvalue weighted by molar-refractivity contribution is 8.01. The summed E-state index contributed by atoms with van der Waals surface area (Å²) in [7, 11) is 0. The number of thioether (sulfide) groups is 1. The van der Waals surface area contributed by atoms with Crippen LogP contribution in [0.1, 0.15) is 22.3 Å². The van der Waals surface area contributed by atoms with Crippen molar-refractivity contribution in [2.45, 2.75) is 22.6 Å². The van der Waals surface area contributed by atoms with Gasteiger partial charge in [0.05, 0.1) is 0 Å². The van der Waals surface area contributed by atoms with Crippen molar-refractivity contribution in [3.63, 3.8) is 0 Å². The van der Waals surface area contributed by atoms with E-state index in [4.69, 9.17) is 92.8 Å². The van der Waals surface area contributed by atoms with E-state index in [1.165, 1.54) is 24.4 Å². The van der Waals surface area contributed by atoms with Crippen molar-refractivity contribution < 1.29 is 0 Å². The summed E-state index contributed by atoms with van der Waals surface area (Å²) in [5.74, 6) is 0. The molecule has 15 heteroatoms. The lowest BCUT2D eigenvalue weighted by Crippen LogP contribution is -2.45. The third-order valence-corrected chi connectivity index (χ3v) is 11.6. The van der Waals surface area contributed by atoms with Gasteiger partial charge in [-0.3, -0.25) is 0 Å². The molecule has 47 heavy (non-hydrogen) atoms. The molecule has 0 fully saturated rings. The molecule has 6 rings (SSSR count). The Morgan fingerprint density at radius 2 is 0.851 bits per heavy atom. The zero-order valence-corrected chi connectivity index (χ0v) is 30.6. The van der Waals surface area contributed by atoms with Crippen LogP contribution in [0.25, 0.3) is 0 Å². The SMILES string of the molecule is Clc1ccc(CC(SC(Cc2ccc(Cl)cc2Cl)(c2ccc(Cl)cc2Cl)n2cncn2)(c2ccc(Cl)cc2Cl)n2cncn2)c(Cl)c1. The van der Waals surface area contributed by atoms with Gasteiger partial charge in [-0.05, 0) is 59.7 Å². The van der Waals surface area contributed by atoms with Gasteiger partial charge in [0.1, 0.15) is 35.1 Å². The molecule has 0 radical (unpaired) electrons. The molecule has 0 amide bonds. The summed E-state index contributed by atoms with van der Waals surface area (Å²) >= 11 is 54.9. The van der Waals surface area contributed by atoms with Crippen molar-refractivity contribution in [1.82, 2.24) is 29.5 Å². The Kier molecular flexibility index (Phi) is 10.6. The molecule has 6 aromatic rings. The van der Waals surface area contributed by atoms with Gasteiger partial charge in [0.2, 0.25) is 0 Å². The first-order valence-electron chi connectivity index (χ1n) is 13.7. The van der Waals surface area contributed by atoms with Gasteiger partial charge in [-0.25, -0.2) is 19.3 Å². The van der Waals surface area contributed by atoms with Crippen molar-refractivity contribution in [3.8, 4) is 0 Å². The van der Waals surface area contributed by atoms with Crippen LogP contribution in [0.2, 0.25) is 40.2 Å². The predicted molar refractivity (Wildman–Crippen MR) is 195 cm³/mol. The highest BCUT2D eigenvalue weighted by Crippen LogP contribution is 2.56. The van der Waals surface area contributed by atoms with Crippen LogP contribution in [-0.4, -0.2) is 29.5 Å². The number of halogens is 8. The molecule has 6 nitrogen and oxygen atoms in total. The maximum Gasteiger partial charge on any atom is 0.143 e. The van der Waals surface area contributed by atoms with Crippen molar-refractivity contribution in [2.24, 2.45) is 0 Å². The smallest absolute Gasteiger partial charge is 0.143 e. The molecule has 2 aromatic heterocycles. The molecule has 0 N–H and O–H groups in total. The number of benzene rings is 4. The molecule has 4 aromatic carbocycles. The van der Waals surface area contributed by atoms with Crippen LogP contribution in [0.5, 0.6) is 0 Å². The summed E-state index contributed by atoms with van der Waals surface area (Å²) in [6.07, 6.45) is 6.62. The Morgan fingerprint density at radius 3 is 1.17 bits per heavy atom. The average Bonchev–Trinajstić information content (AvgIpc) is 3.75. The van der Waals surface area contributed by atoms with Crippen LogP contribution in [0.3, 0.4) is 0 Å². The molecule has 0 saturated heterocycles. The quantitative estimate of drug-likeness (QED) is 0.138. The van der Waals surface area contributed by atoms with Gasteiger partial charge in [0, 0.05) is 64.1 Å². The predicted octanol–water partition coefficient (Wildman–Crippen LogP) is 11.4. The fourth-order valence-electron chi connectivity index (χ4n) is 5.40. The van der Waals surface area contributed by atoms with Crippen LogP contribution in [-0.2, 0) is 22.6 Å². The minimum absolute atomic E-state index is 0.244. The molecule has 0 aliphatic rings. The lowest BCUT2D eigenvalue weighted by atomic mass is 9.96. The molecule has 0 bridgehead atoms. The molecular formula is C32H20Cl8N6S. The zero-order valence-electron chi connectivity index (χ0n) is 23.8. The lowest BCUT2D eigenvalue weighted by molar-refractivity contribution is 0.422. The van der Waals surface area contributed by atoms with Crippen molar-refractivity contribution >= 4 is 105 Å². The molecule has 2 atom stereocenters. The standard InChI is InChI=1S/C32H20Cl8N6S/c33-21-3-1-19(27(37)9-21)13-31(45-17-41-15-43-45,25-7-5-23(35)11-29(25)39)47-32(46-18-42-16-44-46,26-8-6-24(36)12-30(26)40)14-20-2-4-22(34)10-28(20)38/h1-12,15-18H,13-14H2. The fourth-order valence-corrected chi connectivity index (χ4v) is 9.56. The van der Waals surface area contributed by atoms with E-state index in [2.05, 4.69) is 20.2 Å². The van der Waals surface area contributed by atoms with Gasteiger partial charge in [-0.1, -0.05) is 129 Å². The molecular weight excluding hydrogens is 784 g/mol. The number of rotatable bonds is 10. The molecule has 2 heterocycles. The second-order valence-corrected chi connectivity index (χ2v) is 15.4. The lowest BCUT2D eigenvalue weighted by Gasteiger charge is -2.44. The van der Waals surface area contributed by atoms with E-state index in [1.807, 2.05) is 24.3 Å². The Morgan fingerprint density at radius 1 is 0.489 bits per heavy atom. The molecule has 240 valence electrons. The van der Waals surface area contributed by atoms with Crippen molar-refractivity contribution in [1.29, 1.82) is 0 Å². The van der Waals surface area contributed by atoms with E-state index in [0.29, 0.717) is 51.3 Å². The van der Waals surface area contributed by atoms with Crippen LogP contribution in [0.15, 0.2) is 98.1 Å². The summed E-state index contributed by atoms with van der Waals surface area (Å²) in [6, 6.07) is 21.2. The van der Waals surface area contributed by atoms with Gasteiger partial charge >= 0.3 is 0 Å². The van der Waals surface area contributed by atoms with Crippen molar-refractivity contribution in [2.75, 3.05) is 0 Å². The van der Waals surface area contributed by atoms with E-state index in [9.17, 15) is 0 Å². The second kappa shape index (κ2) is 14.4. The summed E-state index contributed by atoms with van der Waals surface area (Å²) in [4.78, 5) is 6.28. The first-order valence-corrected chi connectivity index (χ1v) is 17.5. The minimum atomic E-state index is -1.20. The Hall–Kier alpha value is -2.17. The average molecular weight is 804 g/mol. The summed E-state index contributed by atoms with van der Waals surface area (Å²) < 4.78 is 3.47. The summed E-state index contributed by atoms with van der Waals surface area (Å²) in [5, 5.41) is 12.9. The zero-order chi connectivity index (χ0) is 33.3. The third-order valence-electron chi connectivity index (χ3n) is 7.51. The molecule has 2 unspecified atom stereocenters. The minimum Gasteiger partial charge on any atom is -0.232 e. The Labute approximate surface area is 314 Å². The van der Waals surface area contributed by atoms with Gasteiger partial charge < -0.3 is 0 Å². The Bertz CT molecular complexity index is 1900. The molecule has 0 aliphatic heterocycles. The normalized spacial score (nSPS) is 14.1. The monoisotopic (exact) mass is 800 g/mol. The van der Waals surface area contributed by atoms with E-state index >= 15 is 0 Å². The number of nitrogens with zero attached hydrogens (tertiary/aromatic N) is 6. The van der Waals surface area contributed by atoms with E-state index in [-0.39, 0.29) is 12.8 Å². The van der Waals surface area contributed by atoms with Gasteiger partial charge in [-0.2, -0.15) is 10.2 Å². The first kappa shape index (κ1) is 34.7. The molecule has 0 aliphatic carbocycles. The largest absolute Gasteiger partial charge is 0.232 e. The number of hydrogen-bond acceptors (Lipinski definition) is 5. The third kappa shape index (κ3) is 7.11. The maximum atomic E-state index is 7.09. The second-order valence-electron chi connectivity index (χ2n) is 10.4. The van der Waals surface area contributed by atoms with E-state index in [0.717, 1.165) is 11.1 Å². The van der Waals surface area contributed by atoms with Crippen LogP contribution >= 0.6 is 105 Å².